The minimum atomic E-state index is -0.0281. The number of methoxy groups -OCH3 is 1. The maximum absolute atomic E-state index is 12.5. The maximum atomic E-state index is 12.5. The summed E-state index contributed by atoms with van der Waals surface area (Å²) in [5, 5.41) is 0. The number of hydrogen-bond acceptors (Lipinski definition) is 4. The van der Waals surface area contributed by atoms with Crippen LogP contribution < -0.4 is 10.5 Å². The van der Waals surface area contributed by atoms with Gasteiger partial charge >= 0.3 is 0 Å². The van der Waals surface area contributed by atoms with E-state index in [0.717, 1.165) is 19.6 Å². The normalized spacial score (nSPS) is 15.9. The quantitative estimate of drug-likeness (QED) is 0.663. The van der Waals surface area contributed by atoms with Crippen LogP contribution in [0, 0.1) is 0 Å². The SMILES string of the molecule is C=CCN1CCN(C(=O)c2cc(OC)ccc2N)CC1. The molecule has 5 nitrogen and oxygen atoms in total. The fourth-order valence-electron chi connectivity index (χ4n) is 2.33. The molecule has 5 heteroatoms. The number of carbonyl (C=O) groups excluding carboxylic acids is 1. The van der Waals surface area contributed by atoms with Gasteiger partial charge in [0.2, 0.25) is 0 Å². The Hall–Kier alpha value is -2.01. The lowest BCUT2D eigenvalue weighted by molar-refractivity contribution is 0.0651. The lowest BCUT2D eigenvalue weighted by atomic mass is 10.1. The lowest BCUT2D eigenvalue weighted by Gasteiger charge is -2.34. The molecular weight excluding hydrogens is 254 g/mol. The van der Waals surface area contributed by atoms with Crippen LogP contribution in [-0.4, -0.2) is 55.5 Å². The molecule has 1 aliphatic heterocycles. The molecule has 0 bridgehead atoms. The molecule has 0 atom stereocenters. The monoisotopic (exact) mass is 275 g/mol. The van der Waals surface area contributed by atoms with E-state index in [1.165, 1.54) is 0 Å². The van der Waals surface area contributed by atoms with Gasteiger partial charge in [-0.2, -0.15) is 0 Å². The summed E-state index contributed by atoms with van der Waals surface area (Å²) >= 11 is 0. The number of hydrogen-bond donors (Lipinski definition) is 1. The maximum Gasteiger partial charge on any atom is 0.256 e. The van der Waals surface area contributed by atoms with Crippen molar-refractivity contribution in [2.24, 2.45) is 0 Å². The van der Waals surface area contributed by atoms with E-state index in [1.54, 1.807) is 25.3 Å². The number of carbonyl (C=O) groups is 1. The smallest absolute Gasteiger partial charge is 0.256 e. The van der Waals surface area contributed by atoms with E-state index in [1.807, 2.05) is 11.0 Å². The molecular formula is C15H21N3O2. The summed E-state index contributed by atoms with van der Waals surface area (Å²) in [5.41, 5.74) is 6.91. The molecule has 0 unspecified atom stereocenters. The molecule has 1 fully saturated rings. The van der Waals surface area contributed by atoms with Crippen LogP contribution in [0.25, 0.3) is 0 Å². The molecule has 2 rings (SSSR count). The van der Waals surface area contributed by atoms with Crippen LogP contribution >= 0.6 is 0 Å². The van der Waals surface area contributed by atoms with Crippen LogP contribution in [0.15, 0.2) is 30.9 Å². The zero-order valence-electron chi connectivity index (χ0n) is 11.8. The topological polar surface area (TPSA) is 58.8 Å². The van der Waals surface area contributed by atoms with Crippen LogP contribution in [-0.2, 0) is 0 Å². The second-order valence-electron chi connectivity index (χ2n) is 4.83. The summed E-state index contributed by atoms with van der Waals surface area (Å²) in [5.74, 6) is 0.618. The Labute approximate surface area is 119 Å². The average Bonchev–Trinajstić information content (AvgIpc) is 2.48. The first-order valence-electron chi connectivity index (χ1n) is 6.71. The Bertz CT molecular complexity index is 494. The van der Waals surface area contributed by atoms with E-state index in [9.17, 15) is 4.79 Å². The number of piperazine rings is 1. The summed E-state index contributed by atoms with van der Waals surface area (Å²) in [7, 11) is 1.58. The van der Waals surface area contributed by atoms with E-state index in [2.05, 4.69) is 11.5 Å². The van der Waals surface area contributed by atoms with Crippen molar-refractivity contribution in [3.05, 3.63) is 36.4 Å². The number of nitrogen functional groups attached to an aromatic ring is 1. The molecule has 1 heterocycles. The number of rotatable bonds is 4. The van der Waals surface area contributed by atoms with Crippen molar-refractivity contribution in [3.8, 4) is 5.75 Å². The predicted molar refractivity (Wildman–Crippen MR) is 79.9 cm³/mol. The second kappa shape index (κ2) is 6.43. The van der Waals surface area contributed by atoms with Crippen molar-refractivity contribution in [3.63, 3.8) is 0 Å². The summed E-state index contributed by atoms with van der Waals surface area (Å²) in [6.07, 6.45) is 1.89. The molecule has 0 radical (unpaired) electrons. The summed E-state index contributed by atoms with van der Waals surface area (Å²) in [6, 6.07) is 5.17. The zero-order valence-corrected chi connectivity index (χ0v) is 11.8. The first-order valence-corrected chi connectivity index (χ1v) is 6.71. The molecule has 1 aromatic carbocycles. The third-order valence-electron chi connectivity index (χ3n) is 3.54. The highest BCUT2D eigenvalue weighted by Crippen LogP contribution is 2.21. The molecule has 1 saturated heterocycles. The van der Waals surface area contributed by atoms with Gasteiger partial charge in [0.05, 0.1) is 12.7 Å². The number of nitrogens with zero attached hydrogens (tertiary/aromatic N) is 2. The van der Waals surface area contributed by atoms with Gasteiger partial charge in [-0.15, -0.1) is 6.58 Å². The molecule has 0 aromatic heterocycles. The minimum Gasteiger partial charge on any atom is -0.497 e. The van der Waals surface area contributed by atoms with Crippen molar-refractivity contribution >= 4 is 11.6 Å². The highest BCUT2D eigenvalue weighted by atomic mass is 16.5. The molecule has 1 aliphatic rings. The third-order valence-corrected chi connectivity index (χ3v) is 3.54. The van der Waals surface area contributed by atoms with Crippen LogP contribution in [0.3, 0.4) is 0 Å². The minimum absolute atomic E-state index is 0.0281. The highest BCUT2D eigenvalue weighted by Gasteiger charge is 2.23. The van der Waals surface area contributed by atoms with Crippen LogP contribution in [0.5, 0.6) is 5.75 Å². The van der Waals surface area contributed by atoms with Gasteiger partial charge in [-0.25, -0.2) is 0 Å². The van der Waals surface area contributed by atoms with Crippen molar-refractivity contribution in [2.45, 2.75) is 0 Å². The summed E-state index contributed by atoms with van der Waals surface area (Å²) < 4.78 is 5.15. The Morgan fingerprint density at radius 2 is 2.10 bits per heavy atom. The van der Waals surface area contributed by atoms with Gasteiger partial charge in [0.25, 0.3) is 5.91 Å². The van der Waals surface area contributed by atoms with E-state index >= 15 is 0 Å². The zero-order chi connectivity index (χ0) is 14.5. The Morgan fingerprint density at radius 3 is 2.70 bits per heavy atom. The first-order chi connectivity index (χ1) is 9.65. The Kier molecular flexibility index (Phi) is 4.63. The van der Waals surface area contributed by atoms with Gasteiger partial charge in [-0.05, 0) is 18.2 Å². The van der Waals surface area contributed by atoms with Crippen LogP contribution in [0.1, 0.15) is 10.4 Å². The molecule has 1 amide bonds. The standard InChI is InChI=1S/C15H21N3O2/c1-3-6-17-7-9-18(10-8-17)15(19)13-11-12(20-2)4-5-14(13)16/h3-5,11H,1,6-10,16H2,2H3. The number of ether oxygens (including phenoxy) is 1. The largest absolute Gasteiger partial charge is 0.497 e. The fourth-order valence-corrected chi connectivity index (χ4v) is 2.33. The average molecular weight is 275 g/mol. The Morgan fingerprint density at radius 1 is 1.40 bits per heavy atom. The molecule has 20 heavy (non-hydrogen) atoms. The molecule has 0 spiro atoms. The van der Waals surface area contributed by atoms with Gasteiger partial charge in [0.15, 0.2) is 0 Å². The number of benzene rings is 1. The molecule has 0 aliphatic carbocycles. The van der Waals surface area contributed by atoms with E-state index in [0.29, 0.717) is 30.1 Å². The van der Waals surface area contributed by atoms with Gasteiger partial charge in [0.1, 0.15) is 5.75 Å². The van der Waals surface area contributed by atoms with Crippen molar-refractivity contribution in [2.75, 3.05) is 45.6 Å². The third kappa shape index (κ3) is 3.11. The summed E-state index contributed by atoms with van der Waals surface area (Å²) in [6.45, 7) is 7.75. The molecule has 2 N–H and O–H groups in total. The van der Waals surface area contributed by atoms with Gasteiger partial charge in [-0.1, -0.05) is 6.08 Å². The predicted octanol–water partition coefficient (Wildman–Crippen LogP) is 1.22. The van der Waals surface area contributed by atoms with Crippen molar-refractivity contribution < 1.29 is 9.53 Å². The number of nitrogens with two attached hydrogens (primary N) is 1. The van der Waals surface area contributed by atoms with Gasteiger partial charge < -0.3 is 15.4 Å². The van der Waals surface area contributed by atoms with Crippen molar-refractivity contribution in [1.29, 1.82) is 0 Å². The number of anilines is 1. The molecule has 0 saturated carbocycles. The van der Waals surface area contributed by atoms with Crippen LogP contribution in [0.2, 0.25) is 0 Å². The first kappa shape index (κ1) is 14.4. The van der Waals surface area contributed by atoms with E-state index in [4.69, 9.17) is 10.5 Å². The molecule has 108 valence electrons. The van der Waals surface area contributed by atoms with Gasteiger partial charge in [-0.3, -0.25) is 9.69 Å². The van der Waals surface area contributed by atoms with Gasteiger partial charge in [0, 0.05) is 38.4 Å². The second-order valence-corrected chi connectivity index (χ2v) is 4.83. The van der Waals surface area contributed by atoms with E-state index < -0.39 is 0 Å². The highest BCUT2D eigenvalue weighted by molar-refractivity contribution is 5.99. The number of amides is 1. The molecule has 1 aromatic rings. The lowest BCUT2D eigenvalue weighted by Crippen LogP contribution is -2.48. The Balaban J connectivity index is 2.07. The van der Waals surface area contributed by atoms with Crippen LogP contribution in [0.4, 0.5) is 5.69 Å². The van der Waals surface area contributed by atoms with E-state index in [-0.39, 0.29) is 5.91 Å². The van der Waals surface area contributed by atoms with Crippen molar-refractivity contribution in [1.82, 2.24) is 9.80 Å². The summed E-state index contributed by atoms with van der Waals surface area (Å²) in [4.78, 5) is 16.6. The fraction of sp³-hybridized carbons (Fsp3) is 0.400.